The van der Waals surface area contributed by atoms with E-state index in [1.165, 1.54) is 0 Å². The highest BCUT2D eigenvalue weighted by Crippen LogP contribution is 2.37. The Bertz CT molecular complexity index is 898. The van der Waals surface area contributed by atoms with Crippen LogP contribution in [0, 0.1) is 12.8 Å². The molecular weight excluding hydrogens is 360 g/mol. The number of ether oxygens (including phenoxy) is 3. The van der Waals surface area contributed by atoms with Crippen molar-refractivity contribution in [2.24, 2.45) is 5.92 Å². The monoisotopic (exact) mass is 382 g/mol. The molecule has 2 aromatic carbocycles. The van der Waals surface area contributed by atoms with Crippen molar-refractivity contribution in [2.75, 3.05) is 31.4 Å². The lowest BCUT2D eigenvalue weighted by molar-refractivity contribution is -0.123. The average molecular weight is 382 g/mol. The summed E-state index contributed by atoms with van der Waals surface area (Å²) in [6.07, 6.45) is 0.396. The Morgan fingerprint density at radius 1 is 1.21 bits per heavy atom. The zero-order chi connectivity index (χ0) is 19.5. The lowest BCUT2D eigenvalue weighted by atomic mass is 10.1. The number of aryl methyl sites for hydroxylation is 1. The quantitative estimate of drug-likeness (QED) is 0.829. The van der Waals surface area contributed by atoms with Crippen LogP contribution in [0.15, 0.2) is 42.5 Å². The van der Waals surface area contributed by atoms with Gasteiger partial charge in [0.2, 0.25) is 12.7 Å². The van der Waals surface area contributed by atoms with Crippen molar-refractivity contribution >= 4 is 17.5 Å². The Morgan fingerprint density at radius 2 is 2.04 bits per heavy atom. The largest absolute Gasteiger partial charge is 0.484 e. The van der Waals surface area contributed by atoms with E-state index >= 15 is 0 Å². The van der Waals surface area contributed by atoms with E-state index in [0.717, 1.165) is 11.3 Å². The number of hydrogen-bond donors (Lipinski definition) is 1. The van der Waals surface area contributed by atoms with Gasteiger partial charge in [-0.3, -0.25) is 9.59 Å². The van der Waals surface area contributed by atoms with Gasteiger partial charge in [-0.15, -0.1) is 0 Å². The summed E-state index contributed by atoms with van der Waals surface area (Å²) in [6, 6.07) is 13.0. The van der Waals surface area contributed by atoms with Crippen LogP contribution in [-0.2, 0) is 9.59 Å². The van der Waals surface area contributed by atoms with Gasteiger partial charge >= 0.3 is 0 Å². The standard InChI is InChI=1S/C21H22N2O5/c1-14-4-2-3-5-17(14)26-12-20(24)22-10-15-8-21(25)23(11-15)16-6-7-18-19(9-16)28-13-27-18/h2-7,9,15H,8,10-13H2,1H3,(H,22,24). The molecule has 146 valence electrons. The van der Waals surface area contributed by atoms with E-state index in [4.69, 9.17) is 14.2 Å². The summed E-state index contributed by atoms with van der Waals surface area (Å²) in [5, 5.41) is 2.86. The summed E-state index contributed by atoms with van der Waals surface area (Å²) in [5.41, 5.74) is 1.77. The van der Waals surface area contributed by atoms with E-state index in [1.807, 2.05) is 49.4 Å². The van der Waals surface area contributed by atoms with Crippen LogP contribution in [0.1, 0.15) is 12.0 Å². The van der Waals surface area contributed by atoms with Gasteiger partial charge in [-0.05, 0) is 30.7 Å². The molecule has 28 heavy (non-hydrogen) atoms. The minimum absolute atomic E-state index is 0.0364. The van der Waals surface area contributed by atoms with Crippen molar-refractivity contribution in [1.29, 1.82) is 0 Å². The maximum absolute atomic E-state index is 12.4. The molecule has 2 heterocycles. The highest BCUT2D eigenvalue weighted by atomic mass is 16.7. The van der Waals surface area contributed by atoms with Crippen LogP contribution >= 0.6 is 0 Å². The van der Waals surface area contributed by atoms with E-state index < -0.39 is 0 Å². The van der Waals surface area contributed by atoms with Gasteiger partial charge in [0.25, 0.3) is 5.91 Å². The van der Waals surface area contributed by atoms with Gasteiger partial charge in [0.1, 0.15) is 5.75 Å². The number of nitrogens with one attached hydrogen (secondary N) is 1. The Balaban J connectivity index is 1.27. The van der Waals surface area contributed by atoms with Gasteiger partial charge in [-0.25, -0.2) is 0 Å². The first-order valence-electron chi connectivity index (χ1n) is 9.25. The fraction of sp³-hybridized carbons (Fsp3) is 0.333. The van der Waals surface area contributed by atoms with E-state index in [2.05, 4.69) is 5.32 Å². The summed E-state index contributed by atoms with van der Waals surface area (Å²) in [7, 11) is 0. The molecule has 1 N–H and O–H groups in total. The number of hydrogen-bond acceptors (Lipinski definition) is 5. The second-order valence-corrected chi connectivity index (χ2v) is 6.97. The number of amides is 2. The third-order valence-corrected chi connectivity index (χ3v) is 4.91. The molecular formula is C21H22N2O5. The first-order chi connectivity index (χ1) is 13.6. The van der Waals surface area contributed by atoms with Gasteiger partial charge in [-0.1, -0.05) is 18.2 Å². The smallest absolute Gasteiger partial charge is 0.257 e. The Morgan fingerprint density at radius 3 is 2.89 bits per heavy atom. The molecule has 0 saturated carbocycles. The molecule has 2 aromatic rings. The number of rotatable bonds is 6. The SMILES string of the molecule is Cc1ccccc1OCC(=O)NCC1CC(=O)N(c2ccc3c(c2)OCO3)C1. The van der Waals surface area contributed by atoms with Crippen LogP contribution in [0.25, 0.3) is 0 Å². The lowest BCUT2D eigenvalue weighted by Gasteiger charge is -2.17. The van der Waals surface area contributed by atoms with Crippen molar-refractivity contribution in [2.45, 2.75) is 13.3 Å². The molecule has 1 atom stereocenters. The molecule has 1 saturated heterocycles. The normalized spacial score (nSPS) is 17.7. The maximum Gasteiger partial charge on any atom is 0.257 e. The summed E-state index contributed by atoms with van der Waals surface area (Å²) in [6.45, 7) is 3.08. The highest BCUT2D eigenvalue weighted by Gasteiger charge is 2.31. The summed E-state index contributed by atoms with van der Waals surface area (Å²) < 4.78 is 16.2. The molecule has 2 amide bonds. The first kappa shape index (κ1) is 18.2. The average Bonchev–Trinajstić information content (AvgIpc) is 3.31. The molecule has 1 unspecified atom stereocenters. The summed E-state index contributed by atoms with van der Waals surface area (Å²) in [4.78, 5) is 26.2. The van der Waals surface area contributed by atoms with Crippen molar-refractivity contribution in [3.8, 4) is 17.2 Å². The van der Waals surface area contributed by atoms with Gasteiger partial charge in [-0.2, -0.15) is 0 Å². The molecule has 0 spiro atoms. The topological polar surface area (TPSA) is 77.1 Å². The van der Waals surface area contributed by atoms with Crippen LogP contribution in [0.4, 0.5) is 5.69 Å². The maximum atomic E-state index is 12.4. The fourth-order valence-electron chi connectivity index (χ4n) is 3.39. The van der Waals surface area contributed by atoms with Gasteiger partial charge in [0.15, 0.2) is 18.1 Å². The first-order valence-corrected chi connectivity index (χ1v) is 9.25. The van der Waals surface area contributed by atoms with Gasteiger partial charge in [0, 0.05) is 37.2 Å². The van der Waals surface area contributed by atoms with E-state index in [-0.39, 0.29) is 31.1 Å². The minimum Gasteiger partial charge on any atom is -0.484 e. The molecule has 0 aromatic heterocycles. The minimum atomic E-state index is -0.197. The number of nitrogens with zero attached hydrogens (tertiary/aromatic N) is 1. The Kier molecular flexibility index (Phi) is 5.06. The van der Waals surface area contributed by atoms with Crippen molar-refractivity contribution in [3.05, 3.63) is 48.0 Å². The van der Waals surface area contributed by atoms with Crippen molar-refractivity contribution in [1.82, 2.24) is 5.32 Å². The van der Waals surface area contributed by atoms with Crippen molar-refractivity contribution < 1.29 is 23.8 Å². The second-order valence-electron chi connectivity index (χ2n) is 6.97. The second kappa shape index (κ2) is 7.80. The van der Waals surface area contributed by atoms with Gasteiger partial charge in [0.05, 0.1) is 0 Å². The molecule has 7 nitrogen and oxygen atoms in total. The summed E-state index contributed by atoms with van der Waals surface area (Å²) >= 11 is 0. The number of carbonyl (C=O) groups is 2. The Labute approximate surface area is 163 Å². The molecule has 2 aliphatic rings. The van der Waals surface area contributed by atoms with Crippen LogP contribution in [-0.4, -0.2) is 38.3 Å². The lowest BCUT2D eigenvalue weighted by Crippen LogP contribution is -2.34. The molecule has 0 radical (unpaired) electrons. The number of para-hydroxylation sites is 1. The third kappa shape index (κ3) is 3.88. The highest BCUT2D eigenvalue weighted by molar-refractivity contribution is 5.96. The number of anilines is 1. The van der Waals surface area contributed by atoms with E-state index in [9.17, 15) is 9.59 Å². The van der Waals surface area contributed by atoms with Crippen LogP contribution < -0.4 is 24.4 Å². The number of fused-ring (bicyclic) bond motifs is 1. The molecule has 4 rings (SSSR count). The zero-order valence-electron chi connectivity index (χ0n) is 15.6. The van der Waals surface area contributed by atoms with E-state index in [1.54, 1.807) is 4.90 Å². The van der Waals surface area contributed by atoms with Crippen LogP contribution in [0.5, 0.6) is 17.2 Å². The zero-order valence-corrected chi connectivity index (χ0v) is 15.6. The molecule has 2 aliphatic heterocycles. The predicted molar refractivity (Wildman–Crippen MR) is 103 cm³/mol. The van der Waals surface area contributed by atoms with Crippen LogP contribution in [0.3, 0.4) is 0 Å². The van der Waals surface area contributed by atoms with Crippen LogP contribution in [0.2, 0.25) is 0 Å². The molecule has 0 bridgehead atoms. The third-order valence-electron chi connectivity index (χ3n) is 4.91. The number of carbonyl (C=O) groups excluding carboxylic acids is 2. The predicted octanol–water partition coefficient (Wildman–Crippen LogP) is 2.27. The molecule has 0 aliphatic carbocycles. The fourth-order valence-corrected chi connectivity index (χ4v) is 3.39. The van der Waals surface area contributed by atoms with Crippen molar-refractivity contribution in [3.63, 3.8) is 0 Å². The Hall–Kier alpha value is -3.22. The molecule has 7 heteroatoms. The molecule has 1 fully saturated rings. The van der Waals surface area contributed by atoms with E-state index in [0.29, 0.717) is 36.8 Å². The summed E-state index contributed by atoms with van der Waals surface area (Å²) in [5.74, 6) is 1.93. The van der Waals surface area contributed by atoms with Gasteiger partial charge < -0.3 is 24.4 Å². The number of benzene rings is 2.